The van der Waals surface area contributed by atoms with Crippen molar-refractivity contribution >= 4 is 38.3 Å². The predicted octanol–water partition coefficient (Wildman–Crippen LogP) is 2.54. The fourth-order valence-electron chi connectivity index (χ4n) is 2.19. The Morgan fingerprint density at radius 1 is 1.13 bits per heavy atom. The van der Waals surface area contributed by atoms with Crippen LogP contribution in [0.25, 0.3) is 10.9 Å². The molecular weight excluding hydrogens is 336 g/mol. The van der Waals surface area contributed by atoms with Crippen molar-refractivity contribution in [2.24, 2.45) is 5.14 Å². The molecule has 0 spiro atoms. The van der Waals surface area contributed by atoms with Crippen LogP contribution in [0.2, 0.25) is 5.02 Å². The van der Waals surface area contributed by atoms with Crippen LogP contribution in [0, 0.1) is 0 Å². The Bertz CT molecular complexity index is 976. The van der Waals surface area contributed by atoms with Crippen LogP contribution in [0.4, 0.5) is 5.82 Å². The van der Waals surface area contributed by atoms with E-state index < -0.39 is 10.0 Å². The quantitative estimate of drug-likeness (QED) is 0.755. The van der Waals surface area contributed by atoms with Gasteiger partial charge in [0.05, 0.1) is 10.4 Å². The number of rotatable bonds is 4. The third-order valence-electron chi connectivity index (χ3n) is 3.29. The minimum absolute atomic E-state index is 0.0797. The summed E-state index contributed by atoms with van der Waals surface area (Å²) in [7, 11) is -3.72. The number of nitrogens with two attached hydrogens (primary N) is 1. The van der Waals surface area contributed by atoms with Gasteiger partial charge in [0, 0.05) is 17.0 Å². The molecule has 0 saturated heterocycles. The van der Waals surface area contributed by atoms with Gasteiger partial charge in [0.25, 0.3) is 0 Å². The summed E-state index contributed by atoms with van der Waals surface area (Å²) in [5.41, 5.74) is 1.51. The number of sulfonamides is 1. The van der Waals surface area contributed by atoms with Crippen LogP contribution >= 0.6 is 11.6 Å². The molecule has 0 aliphatic heterocycles. The monoisotopic (exact) mass is 348 g/mol. The van der Waals surface area contributed by atoms with Gasteiger partial charge >= 0.3 is 0 Å². The maximum absolute atomic E-state index is 11.4. The second kappa shape index (κ2) is 6.11. The molecule has 0 aliphatic rings. The van der Waals surface area contributed by atoms with E-state index in [0.29, 0.717) is 17.4 Å². The van der Waals surface area contributed by atoms with Gasteiger partial charge in [-0.1, -0.05) is 23.7 Å². The molecular formula is C15H13ClN4O2S. The molecule has 0 bridgehead atoms. The van der Waals surface area contributed by atoms with E-state index in [1.54, 1.807) is 18.2 Å². The first-order chi connectivity index (χ1) is 10.9. The summed E-state index contributed by atoms with van der Waals surface area (Å²) in [6, 6.07) is 11.8. The van der Waals surface area contributed by atoms with E-state index in [2.05, 4.69) is 15.3 Å². The number of primary sulfonamides is 1. The molecule has 3 N–H and O–H groups in total. The predicted molar refractivity (Wildman–Crippen MR) is 89.7 cm³/mol. The average Bonchev–Trinajstić information content (AvgIpc) is 2.52. The fourth-order valence-corrected chi connectivity index (χ4v) is 2.94. The zero-order valence-electron chi connectivity index (χ0n) is 11.9. The zero-order valence-corrected chi connectivity index (χ0v) is 13.5. The highest BCUT2D eigenvalue weighted by atomic mass is 35.5. The lowest BCUT2D eigenvalue weighted by Gasteiger charge is -2.09. The molecule has 0 aliphatic carbocycles. The fraction of sp³-hybridized carbons (Fsp3) is 0.0667. The molecule has 23 heavy (non-hydrogen) atoms. The van der Waals surface area contributed by atoms with E-state index in [-0.39, 0.29) is 4.90 Å². The highest BCUT2D eigenvalue weighted by Gasteiger charge is 2.08. The summed E-state index contributed by atoms with van der Waals surface area (Å²) < 4.78 is 22.8. The smallest absolute Gasteiger partial charge is 0.238 e. The van der Waals surface area contributed by atoms with E-state index >= 15 is 0 Å². The lowest BCUT2D eigenvalue weighted by molar-refractivity contribution is 0.597. The van der Waals surface area contributed by atoms with Crippen molar-refractivity contribution in [3.05, 3.63) is 59.4 Å². The van der Waals surface area contributed by atoms with Crippen LogP contribution in [0.1, 0.15) is 5.56 Å². The minimum atomic E-state index is -3.72. The van der Waals surface area contributed by atoms with Crippen molar-refractivity contribution < 1.29 is 8.42 Å². The maximum Gasteiger partial charge on any atom is 0.238 e. The van der Waals surface area contributed by atoms with Gasteiger partial charge in [-0.2, -0.15) is 0 Å². The Morgan fingerprint density at radius 2 is 1.96 bits per heavy atom. The molecule has 0 radical (unpaired) electrons. The van der Waals surface area contributed by atoms with E-state index in [9.17, 15) is 8.42 Å². The number of anilines is 1. The molecule has 0 amide bonds. The molecule has 0 saturated carbocycles. The molecule has 3 rings (SSSR count). The highest BCUT2D eigenvalue weighted by molar-refractivity contribution is 7.89. The van der Waals surface area contributed by atoms with Crippen molar-refractivity contribution in [1.29, 1.82) is 0 Å². The number of fused-ring (bicyclic) bond motifs is 1. The van der Waals surface area contributed by atoms with Crippen molar-refractivity contribution in [1.82, 2.24) is 9.97 Å². The van der Waals surface area contributed by atoms with Crippen molar-refractivity contribution in [3.63, 3.8) is 0 Å². The van der Waals surface area contributed by atoms with Gasteiger partial charge in [0.2, 0.25) is 10.0 Å². The first-order valence-electron chi connectivity index (χ1n) is 6.69. The van der Waals surface area contributed by atoms with Crippen LogP contribution in [0.5, 0.6) is 0 Å². The SMILES string of the molecule is NS(=O)(=O)c1cccc(CNc2ncnc3cc(Cl)ccc23)c1. The maximum atomic E-state index is 11.4. The van der Waals surface area contributed by atoms with Crippen LogP contribution in [-0.4, -0.2) is 18.4 Å². The molecule has 118 valence electrons. The minimum Gasteiger partial charge on any atom is -0.365 e. The van der Waals surface area contributed by atoms with Gasteiger partial charge in [0.15, 0.2) is 0 Å². The molecule has 0 fully saturated rings. The third kappa shape index (κ3) is 3.58. The Hall–Kier alpha value is -2.22. The van der Waals surface area contributed by atoms with E-state index in [0.717, 1.165) is 16.5 Å². The topological polar surface area (TPSA) is 98.0 Å². The van der Waals surface area contributed by atoms with E-state index in [4.69, 9.17) is 16.7 Å². The first kappa shape index (κ1) is 15.7. The summed E-state index contributed by atoms with van der Waals surface area (Å²) in [6.45, 7) is 0.401. The number of nitrogens with zero attached hydrogens (tertiary/aromatic N) is 2. The summed E-state index contributed by atoms with van der Waals surface area (Å²) in [4.78, 5) is 8.47. The molecule has 3 aromatic rings. The molecule has 1 heterocycles. The number of nitrogens with one attached hydrogen (secondary N) is 1. The van der Waals surface area contributed by atoms with Gasteiger partial charge in [-0.15, -0.1) is 0 Å². The molecule has 2 aromatic carbocycles. The summed E-state index contributed by atoms with van der Waals surface area (Å²) >= 11 is 5.95. The van der Waals surface area contributed by atoms with Crippen LogP contribution in [0.15, 0.2) is 53.7 Å². The normalized spacial score (nSPS) is 11.6. The summed E-state index contributed by atoms with van der Waals surface area (Å²) in [5.74, 6) is 0.646. The van der Waals surface area contributed by atoms with Crippen molar-refractivity contribution in [2.45, 2.75) is 11.4 Å². The second-order valence-corrected chi connectivity index (χ2v) is 6.93. The second-order valence-electron chi connectivity index (χ2n) is 4.93. The van der Waals surface area contributed by atoms with Gasteiger partial charge in [-0.3, -0.25) is 0 Å². The zero-order chi connectivity index (χ0) is 16.4. The first-order valence-corrected chi connectivity index (χ1v) is 8.62. The Labute approximate surface area is 138 Å². The van der Waals surface area contributed by atoms with Crippen LogP contribution in [-0.2, 0) is 16.6 Å². The largest absolute Gasteiger partial charge is 0.365 e. The standard InChI is InChI=1S/C15H13ClN4O2S/c16-11-4-5-13-14(7-11)19-9-20-15(13)18-8-10-2-1-3-12(6-10)23(17,21)22/h1-7,9H,8H2,(H2,17,21,22)(H,18,19,20). The lowest BCUT2D eigenvalue weighted by atomic mass is 10.2. The number of halogens is 1. The summed E-state index contributed by atoms with van der Waals surface area (Å²) in [5, 5.41) is 9.75. The molecule has 1 aromatic heterocycles. The number of benzene rings is 2. The summed E-state index contributed by atoms with van der Waals surface area (Å²) in [6.07, 6.45) is 1.45. The van der Waals surface area contributed by atoms with Crippen molar-refractivity contribution in [2.75, 3.05) is 5.32 Å². The van der Waals surface area contributed by atoms with Crippen LogP contribution < -0.4 is 10.5 Å². The molecule has 0 atom stereocenters. The third-order valence-corrected chi connectivity index (χ3v) is 4.43. The average molecular weight is 349 g/mol. The van der Waals surface area contributed by atoms with Gasteiger partial charge in [-0.05, 0) is 35.9 Å². The molecule has 8 heteroatoms. The van der Waals surface area contributed by atoms with Gasteiger partial charge < -0.3 is 5.32 Å². The Morgan fingerprint density at radius 3 is 2.74 bits per heavy atom. The molecule has 0 unspecified atom stereocenters. The number of aromatic nitrogens is 2. The van der Waals surface area contributed by atoms with Gasteiger partial charge in [0.1, 0.15) is 12.1 Å². The van der Waals surface area contributed by atoms with E-state index in [1.165, 1.54) is 18.5 Å². The van der Waals surface area contributed by atoms with Crippen molar-refractivity contribution in [3.8, 4) is 0 Å². The number of hydrogen-bond acceptors (Lipinski definition) is 5. The van der Waals surface area contributed by atoms with Gasteiger partial charge in [-0.25, -0.2) is 23.5 Å². The Kier molecular flexibility index (Phi) is 4.16. The van der Waals surface area contributed by atoms with E-state index in [1.807, 2.05) is 12.1 Å². The van der Waals surface area contributed by atoms with Crippen LogP contribution in [0.3, 0.4) is 0 Å². The lowest BCUT2D eigenvalue weighted by Crippen LogP contribution is -2.12. The molecule has 6 nitrogen and oxygen atoms in total. The highest BCUT2D eigenvalue weighted by Crippen LogP contribution is 2.23. The Balaban J connectivity index is 1.87. The number of hydrogen-bond donors (Lipinski definition) is 2.